The number of carbonyl (C=O) groups excluding carboxylic acids is 1. The Morgan fingerprint density at radius 3 is 2.48 bits per heavy atom. The van der Waals surface area contributed by atoms with E-state index in [0.717, 1.165) is 17.1 Å². The molecule has 0 spiro atoms. The number of methoxy groups -OCH3 is 1. The van der Waals surface area contributed by atoms with Gasteiger partial charge in [0.05, 0.1) is 17.1 Å². The maximum Gasteiger partial charge on any atom is 0.435 e. The Balaban J connectivity index is 2.63. The van der Waals surface area contributed by atoms with Gasteiger partial charge in [-0.25, -0.2) is 13.4 Å². The van der Waals surface area contributed by atoms with Crippen molar-refractivity contribution in [1.82, 2.24) is 14.8 Å². The highest BCUT2D eigenvalue weighted by atomic mass is 32.2. The minimum atomic E-state index is -4.87. The van der Waals surface area contributed by atoms with Crippen molar-refractivity contribution in [3.8, 4) is 5.82 Å². The van der Waals surface area contributed by atoms with Gasteiger partial charge in [-0.05, 0) is 19.1 Å². The number of aldehydes is 1. The van der Waals surface area contributed by atoms with Crippen molar-refractivity contribution in [3.63, 3.8) is 0 Å². The number of sulfone groups is 1. The molecule has 148 valence electrons. The van der Waals surface area contributed by atoms with Crippen molar-refractivity contribution in [3.05, 3.63) is 29.6 Å². The van der Waals surface area contributed by atoms with Crippen molar-refractivity contribution in [2.24, 2.45) is 0 Å². The van der Waals surface area contributed by atoms with Crippen molar-refractivity contribution in [2.45, 2.75) is 24.0 Å². The highest BCUT2D eigenvalue weighted by Gasteiger charge is 2.40. The van der Waals surface area contributed by atoms with Crippen LogP contribution in [0.25, 0.3) is 5.82 Å². The van der Waals surface area contributed by atoms with Crippen LogP contribution >= 0.6 is 0 Å². The zero-order chi connectivity index (χ0) is 20.4. The SMILES string of the molecule is COCC(C)Nc1c(C=O)c(C(F)(F)F)nn1-c1ccc(S(C)(=O)=O)cn1. The Kier molecular flexibility index (Phi) is 5.90. The van der Waals surface area contributed by atoms with Gasteiger partial charge in [0.25, 0.3) is 0 Å². The molecule has 27 heavy (non-hydrogen) atoms. The molecule has 0 amide bonds. The molecule has 0 aliphatic heterocycles. The molecule has 0 saturated carbocycles. The van der Waals surface area contributed by atoms with E-state index in [2.05, 4.69) is 15.4 Å². The van der Waals surface area contributed by atoms with Gasteiger partial charge in [-0.1, -0.05) is 0 Å². The second kappa shape index (κ2) is 7.64. The van der Waals surface area contributed by atoms with Crippen LogP contribution in [0.2, 0.25) is 0 Å². The third-order valence-corrected chi connectivity index (χ3v) is 4.57. The summed E-state index contributed by atoms with van der Waals surface area (Å²) in [5.74, 6) is -0.311. The monoisotopic (exact) mass is 406 g/mol. The van der Waals surface area contributed by atoms with Crippen LogP contribution in [0.3, 0.4) is 0 Å². The molecule has 2 aromatic heterocycles. The van der Waals surface area contributed by atoms with Crippen LogP contribution in [0.4, 0.5) is 19.0 Å². The zero-order valence-electron chi connectivity index (χ0n) is 14.6. The van der Waals surface area contributed by atoms with Crippen LogP contribution in [0.15, 0.2) is 23.2 Å². The highest BCUT2D eigenvalue weighted by molar-refractivity contribution is 7.90. The van der Waals surface area contributed by atoms with Crippen LogP contribution in [-0.2, 0) is 20.8 Å². The molecule has 2 rings (SSSR count). The molecule has 0 aromatic carbocycles. The quantitative estimate of drug-likeness (QED) is 0.701. The number of nitrogens with zero attached hydrogens (tertiary/aromatic N) is 3. The molecule has 1 N–H and O–H groups in total. The Hall–Kier alpha value is -2.47. The molecule has 8 nitrogen and oxygen atoms in total. The van der Waals surface area contributed by atoms with E-state index in [4.69, 9.17) is 4.74 Å². The molecule has 2 heterocycles. The minimum absolute atomic E-state index is 0.0546. The summed E-state index contributed by atoms with van der Waals surface area (Å²) in [5.41, 5.74) is -2.06. The fourth-order valence-corrected chi connectivity index (χ4v) is 2.86. The van der Waals surface area contributed by atoms with Gasteiger partial charge < -0.3 is 10.1 Å². The normalized spacial score (nSPS) is 13.4. The summed E-state index contributed by atoms with van der Waals surface area (Å²) in [7, 11) is -2.11. The Morgan fingerprint density at radius 1 is 1.37 bits per heavy atom. The number of alkyl halides is 3. The number of rotatable bonds is 7. The van der Waals surface area contributed by atoms with Gasteiger partial charge in [0.2, 0.25) is 0 Å². The maximum atomic E-state index is 13.3. The lowest BCUT2D eigenvalue weighted by atomic mass is 10.2. The molecule has 0 radical (unpaired) electrons. The average molecular weight is 406 g/mol. The lowest BCUT2D eigenvalue weighted by Gasteiger charge is -2.16. The third-order valence-electron chi connectivity index (χ3n) is 3.47. The highest BCUT2D eigenvalue weighted by Crippen LogP contribution is 2.35. The molecule has 0 saturated heterocycles. The van der Waals surface area contributed by atoms with Crippen LogP contribution in [0.5, 0.6) is 0 Å². The zero-order valence-corrected chi connectivity index (χ0v) is 15.4. The molecule has 1 unspecified atom stereocenters. The number of anilines is 1. The summed E-state index contributed by atoms with van der Waals surface area (Å²) >= 11 is 0. The van der Waals surface area contributed by atoms with Gasteiger partial charge in [-0.15, -0.1) is 0 Å². The van der Waals surface area contributed by atoms with Crippen molar-refractivity contribution < 1.29 is 31.1 Å². The number of aromatic nitrogens is 3. The van der Waals surface area contributed by atoms with Crippen LogP contribution in [-0.4, -0.2) is 55.5 Å². The number of hydrogen-bond acceptors (Lipinski definition) is 7. The summed E-state index contributed by atoms with van der Waals surface area (Å²) < 4.78 is 68.6. The van der Waals surface area contributed by atoms with Gasteiger partial charge in [0.1, 0.15) is 5.82 Å². The second-order valence-corrected chi connectivity index (χ2v) is 7.78. The van der Waals surface area contributed by atoms with E-state index in [9.17, 15) is 26.4 Å². The smallest absolute Gasteiger partial charge is 0.383 e. The standard InChI is InChI=1S/C15H17F3N4O4S/c1-9(8-26-2)20-14-11(7-23)13(15(16,17)18)21-22(14)12-5-4-10(6-19-12)27(3,24)25/h4-7,9,20H,8H2,1-3H3. The summed E-state index contributed by atoms with van der Waals surface area (Å²) in [6.07, 6.45) is -2.83. The fraction of sp³-hybridized carbons (Fsp3) is 0.400. The predicted octanol–water partition coefficient (Wildman–Crippen LogP) is 1.95. The van der Waals surface area contributed by atoms with Crippen LogP contribution in [0, 0.1) is 0 Å². The number of carbonyl (C=O) groups is 1. The lowest BCUT2D eigenvalue weighted by Crippen LogP contribution is -2.23. The first-order chi connectivity index (χ1) is 12.5. The van der Waals surface area contributed by atoms with E-state index in [1.165, 1.54) is 19.2 Å². The van der Waals surface area contributed by atoms with E-state index >= 15 is 0 Å². The maximum absolute atomic E-state index is 13.3. The third kappa shape index (κ3) is 4.63. The summed E-state index contributed by atoms with van der Waals surface area (Å²) in [6, 6.07) is 1.94. The molecule has 12 heteroatoms. The van der Waals surface area contributed by atoms with Gasteiger partial charge in [-0.2, -0.15) is 23.0 Å². The molecule has 0 bridgehead atoms. The summed E-state index contributed by atoms with van der Waals surface area (Å²) in [5, 5.41) is 6.23. The Labute approximate surface area is 153 Å². The first-order valence-electron chi connectivity index (χ1n) is 7.56. The van der Waals surface area contributed by atoms with E-state index in [0.29, 0.717) is 0 Å². The van der Waals surface area contributed by atoms with Crippen LogP contribution < -0.4 is 5.32 Å². The number of hydrogen-bond donors (Lipinski definition) is 1. The Bertz CT molecular complexity index is 924. The molecule has 0 fully saturated rings. The summed E-state index contributed by atoms with van der Waals surface area (Å²) in [4.78, 5) is 15.1. The Morgan fingerprint density at radius 2 is 2.04 bits per heavy atom. The number of nitrogens with one attached hydrogen (secondary N) is 1. The molecule has 0 aliphatic rings. The first-order valence-corrected chi connectivity index (χ1v) is 9.45. The van der Waals surface area contributed by atoms with Crippen LogP contribution in [0.1, 0.15) is 23.0 Å². The van der Waals surface area contributed by atoms with E-state index in [1.54, 1.807) is 6.92 Å². The molecular weight excluding hydrogens is 389 g/mol. The molecule has 1 atom stereocenters. The van der Waals surface area contributed by atoms with E-state index < -0.39 is 33.3 Å². The number of pyridine rings is 1. The fourth-order valence-electron chi connectivity index (χ4n) is 2.30. The minimum Gasteiger partial charge on any atom is -0.383 e. The second-order valence-electron chi connectivity index (χ2n) is 5.76. The van der Waals surface area contributed by atoms with E-state index in [-0.39, 0.29) is 29.4 Å². The number of ether oxygens (including phenoxy) is 1. The number of halogens is 3. The molecular formula is C15H17F3N4O4S. The summed E-state index contributed by atoms with van der Waals surface area (Å²) in [6.45, 7) is 1.80. The topological polar surface area (TPSA) is 103 Å². The van der Waals surface area contributed by atoms with E-state index in [1.807, 2.05) is 0 Å². The largest absolute Gasteiger partial charge is 0.435 e. The van der Waals surface area contributed by atoms with Crippen molar-refractivity contribution in [1.29, 1.82) is 0 Å². The first kappa shape index (κ1) is 20.8. The van der Waals surface area contributed by atoms with Gasteiger partial charge in [0.15, 0.2) is 27.6 Å². The van der Waals surface area contributed by atoms with Gasteiger partial charge in [0, 0.05) is 25.6 Å². The van der Waals surface area contributed by atoms with Gasteiger partial charge >= 0.3 is 6.18 Å². The molecule has 0 aliphatic carbocycles. The predicted molar refractivity (Wildman–Crippen MR) is 89.8 cm³/mol. The van der Waals surface area contributed by atoms with Gasteiger partial charge in [-0.3, -0.25) is 4.79 Å². The lowest BCUT2D eigenvalue weighted by molar-refractivity contribution is -0.141. The average Bonchev–Trinajstić information content (AvgIpc) is 2.93. The molecule has 2 aromatic rings. The van der Waals surface area contributed by atoms with Crippen molar-refractivity contribution >= 4 is 21.9 Å². The van der Waals surface area contributed by atoms with Crippen molar-refractivity contribution in [2.75, 3.05) is 25.3 Å².